The highest BCUT2D eigenvalue weighted by molar-refractivity contribution is 6.45. The molecule has 11 heteroatoms. The summed E-state index contributed by atoms with van der Waals surface area (Å²) in [6, 6.07) is 16.4. The zero-order chi connectivity index (χ0) is 30.2. The molecule has 0 spiro atoms. The lowest BCUT2D eigenvalue weighted by Crippen LogP contribution is -2.52. The first-order valence-corrected chi connectivity index (χ1v) is 13.4. The highest BCUT2D eigenvalue weighted by Gasteiger charge is 2.36. The molecule has 0 saturated heterocycles. The summed E-state index contributed by atoms with van der Waals surface area (Å²) < 4.78 is 0. The van der Waals surface area contributed by atoms with Gasteiger partial charge in [0, 0.05) is 0 Å². The van der Waals surface area contributed by atoms with Crippen molar-refractivity contribution in [2.75, 3.05) is 0 Å². The summed E-state index contributed by atoms with van der Waals surface area (Å²) in [5.74, 6) is -3.41. The lowest BCUT2D eigenvalue weighted by Gasteiger charge is -2.25. The van der Waals surface area contributed by atoms with Gasteiger partial charge in [-0.05, 0) is 65.5 Å². The fourth-order valence-electron chi connectivity index (χ4n) is 3.67. The van der Waals surface area contributed by atoms with E-state index in [1.165, 1.54) is 0 Å². The number of hydroxylamine groups is 2. The predicted octanol–water partition coefficient (Wildman–Crippen LogP) is 2.25. The third-order valence-corrected chi connectivity index (χ3v) is 5.68. The second-order valence-electron chi connectivity index (χ2n) is 11.7. The van der Waals surface area contributed by atoms with Gasteiger partial charge in [0.05, 0.1) is 17.4 Å². The fraction of sp³-hybridized carbons (Fsp3) is 0.400. The van der Waals surface area contributed by atoms with Crippen LogP contribution in [-0.2, 0) is 41.7 Å². The third kappa shape index (κ3) is 9.99. The summed E-state index contributed by atoms with van der Waals surface area (Å²) in [6.45, 7) is 10.9. The monoisotopic (exact) mass is 565 g/mol. The van der Waals surface area contributed by atoms with Crippen LogP contribution in [-0.4, -0.2) is 51.6 Å². The molecule has 41 heavy (non-hydrogen) atoms. The van der Waals surface area contributed by atoms with Crippen molar-refractivity contribution < 1.29 is 28.9 Å². The molecule has 2 aromatic carbocycles. The number of ketones is 3. The number of carbonyl (C=O) groups is 4. The maximum Gasteiger partial charge on any atom is 0.311 e. The number of Topliss-reactive ketones (excluding diaryl/α,β-unsaturated/α-hetero) is 3. The Bertz CT molecular complexity index is 1250. The van der Waals surface area contributed by atoms with E-state index in [9.17, 15) is 19.2 Å². The van der Waals surface area contributed by atoms with E-state index in [0.29, 0.717) is 0 Å². The Kier molecular flexibility index (Phi) is 10.7. The van der Waals surface area contributed by atoms with Crippen LogP contribution in [0.5, 0.6) is 0 Å². The first kappa shape index (κ1) is 31.8. The Morgan fingerprint density at radius 3 is 1.61 bits per heavy atom. The van der Waals surface area contributed by atoms with E-state index in [0.717, 1.165) is 22.3 Å². The molecule has 11 nitrogen and oxygen atoms in total. The molecule has 0 aliphatic carbocycles. The topological polar surface area (TPSA) is 138 Å². The molecule has 3 rings (SSSR count). The summed E-state index contributed by atoms with van der Waals surface area (Å²) in [6.07, 6.45) is 1.48. The second-order valence-corrected chi connectivity index (χ2v) is 11.7. The number of benzene rings is 2. The van der Waals surface area contributed by atoms with Gasteiger partial charge in [-0.15, -0.1) is 5.53 Å². The molecule has 2 unspecified atom stereocenters. The Morgan fingerprint density at radius 2 is 1.17 bits per heavy atom. The van der Waals surface area contributed by atoms with Gasteiger partial charge in [0.25, 0.3) is 0 Å². The number of amides is 1. The van der Waals surface area contributed by atoms with Crippen molar-refractivity contribution in [2.45, 2.75) is 77.7 Å². The maximum absolute atomic E-state index is 13.3. The van der Waals surface area contributed by atoms with Crippen molar-refractivity contribution in [1.29, 1.82) is 0 Å². The number of nitrogens with one attached hydrogen (secondary N) is 4. The summed E-state index contributed by atoms with van der Waals surface area (Å²) in [7, 11) is 0. The Balaban J connectivity index is 1.74. The van der Waals surface area contributed by atoms with Crippen LogP contribution < -0.4 is 21.9 Å². The lowest BCUT2D eigenvalue weighted by molar-refractivity contribution is -0.151. The van der Waals surface area contributed by atoms with Gasteiger partial charge < -0.3 is 0 Å². The van der Waals surface area contributed by atoms with Gasteiger partial charge in [0.1, 0.15) is 17.8 Å². The predicted molar refractivity (Wildman–Crippen MR) is 152 cm³/mol. The SMILES string of the molecule is CC(C)(C)ONC(Cc1ccccc1)C(=O)C(=O)C1=CN(C(=O)C(=O)C(Cc2ccccc2)NOC(C)(C)C)NN1. The number of rotatable bonds is 13. The Hall–Kier alpha value is -3.74. The first-order valence-electron chi connectivity index (χ1n) is 13.4. The van der Waals surface area contributed by atoms with Gasteiger partial charge in [-0.25, -0.2) is 5.01 Å². The first-order chi connectivity index (χ1) is 19.2. The minimum Gasteiger partial charge on any atom is -0.298 e. The summed E-state index contributed by atoms with van der Waals surface area (Å²) in [4.78, 5) is 64.0. The van der Waals surface area contributed by atoms with Crippen LogP contribution in [0.4, 0.5) is 0 Å². The minimum atomic E-state index is -1.00. The van der Waals surface area contributed by atoms with E-state index in [1.807, 2.05) is 102 Å². The molecule has 220 valence electrons. The summed E-state index contributed by atoms with van der Waals surface area (Å²) >= 11 is 0. The molecule has 1 aliphatic heterocycles. The normalized spacial score (nSPS) is 15.1. The van der Waals surface area contributed by atoms with E-state index < -0.39 is 46.5 Å². The molecule has 2 atom stereocenters. The van der Waals surface area contributed by atoms with Crippen LogP contribution in [0.25, 0.3) is 0 Å². The van der Waals surface area contributed by atoms with E-state index in [1.54, 1.807) is 0 Å². The average molecular weight is 566 g/mol. The average Bonchev–Trinajstić information content (AvgIpc) is 3.42. The number of hydrogen-bond acceptors (Lipinski definition) is 10. The van der Waals surface area contributed by atoms with Crippen molar-refractivity contribution in [1.82, 2.24) is 26.9 Å². The van der Waals surface area contributed by atoms with Gasteiger partial charge in [0.15, 0.2) is 0 Å². The van der Waals surface area contributed by atoms with Crippen LogP contribution in [0, 0.1) is 0 Å². The molecule has 0 fully saturated rings. The van der Waals surface area contributed by atoms with Crippen molar-refractivity contribution in [3.63, 3.8) is 0 Å². The number of hydrazine groups is 2. The van der Waals surface area contributed by atoms with Gasteiger partial charge >= 0.3 is 5.91 Å². The number of nitrogens with zero attached hydrogens (tertiary/aromatic N) is 1. The fourth-order valence-corrected chi connectivity index (χ4v) is 3.67. The Labute approximate surface area is 240 Å². The molecular formula is C30H39N5O6. The molecule has 0 bridgehead atoms. The Morgan fingerprint density at radius 1 is 0.732 bits per heavy atom. The minimum absolute atomic E-state index is 0.190. The second kappa shape index (κ2) is 13.7. The number of allylic oxidation sites excluding steroid dienone is 1. The van der Waals surface area contributed by atoms with Crippen LogP contribution >= 0.6 is 0 Å². The van der Waals surface area contributed by atoms with Gasteiger partial charge in [-0.1, -0.05) is 60.7 Å². The molecule has 0 radical (unpaired) electrons. The van der Waals surface area contributed by atoms with Gasteiger partial charge in [-0.3, -0.25) is 34.3 Å². The molecule has 2 aromatic rings. The highest BCUT2D eigenvalue weighted by atomic mass is 16.7. The molecular weight excluding hydrogens is 526 g/mol. The van der Waals surface area contributed by atoms with Crippen LogP contribution in [0.15, 0.2) is 72.6 Å². The zero-order valence-electron chi connectivity index (χ0n) is 24.3. The lowest BCUT2D eigenvalue weighted by atomic mass is 9.99. The molecule has 4 N–H and O–H groups in total. The van der Waals surface area contributed by atoms with E-state index in [2.05, 4.69) is 21.9 Å². The zero-order valence-corrected chi connectivity index (χ0v) is 24.3. The third-order valence-electron chi connectivity index (χ3n) is 5.68. The highest BCUT2D eigenvalue weighted by Crippen LogP contribution is 2.13. The molecule has 1 heterocycles. The molecule has 0 saturated carbocycles. The van der Waals surface area contributed by atoms with E-state index >= 15 is 0 Å². The number of hydrogen-bond donors (Lipinski definition) is 4. The van der Waals surface area contributed by atoms with Crippen LogP contribution in [0.1, 0.15) is 52.7 Å². The van der Waals surface area contributed by atoms with Gasteiger partial charge in [-0.2, -0.15) is 11.0 Å². The molecule has 1 aliphatic rings. The summed E-state index contributed by atoms with van der Waals surface area (Å²) in [5.41, 5.74) is 10.7. The number of carbonyl (C=O) groups excluding carboxylic acids is 4. The smallest absolute Gasteiger partial charge is 0.298 e. The summed E-state index contributed by atoms with van der Waals surface area (Å²) in [5, 5.41) is 0.838. The van der Waals surface area contributed by atoms with Crippen LogP contribution in [0.3, 0.4) is 0 Å². The van der Waals surface area contributed by atoms with Crippen molar-refractivity contribution in [3.8, 4) is 0 Å². The van der Waals surface area contributed by atoms with E-state index in [4.69, 9.17) is 9.68 Å². The van der Waals surface area contributed by atoms with Crippen LogP contribution in [0.2, 0.25) is 0 Å². The van der Waals surface area contributed by atoms with Gasteiger partial charge in [0.2, 0.25) is 17.3 Å². The molecule has 0 aromatic heterocycles. The van der Waals surface area contributed by atoms with E-state index in [-0.39, 0.29) is 18.5 Å². The quantitative estimate of drug-likeness (QED) is 0.211. The van der Waals surface area contributed by atoms with Crippen molar-refractivity contribution in [2.24, 2.45) is 0 Å². The molecule has 1 amide bonds. The maximum atomic E-state index is 13.3. The standard InChI is InChI=1S/C30H39N5O6/c1-29(2,3)40-32-22(17-20-13-9-7-10-14-20)25(36)26(37)24-19-35(34-31-24)28(39)27(38)23(33-41-30(4,5)6)18-21-15-11-8-12-16-21/h7-16,19,22-23,31-34H,17-18H2,1-6H3. The van der Waals surface area contributed by atoms with Crippen molar-refractivity contribution >= 4 is 23.3 Å². The van der Waals surface area contributed by atoms with Crippen molar-refractivity contribution in [3.05, 3.63) is 83.7 Å². The largest absolute Gasteiger partial charge is 0.311 e.